The summed E-state index contributed by atoms with van der Waals surface area (Å²) in [4.78, 5) is 10.4. The number of nitro groups is 1. The maximum absolute atomic E-state index is 10.7. The molecule has 0 saturated heterocycles. The summed E-state index contributed by atoms with van der Waals surface area (Å²) in [5.74, 6) is 0. The molecule has 0 radical (unpaired) electrons. The van der Waals surface area contributed by atoms with Gasteiger partial charge in [-0.2, -0.15) is 0 Å². The maximum atomic E-state index is 10.7. The number of benzene rings is 1. The van der Waals surface area contributed by atoms with Crippen molar-refractivity contribution < 1.29 is 4.92 Å². The van der Waals surface area contributed by atoms with Gasteiger partial charge >= 0.3 is 0 Å². The molecule has 1 N–H and O–H groups in total. The molecule has 0 fully saturated rings. The summed E-state index contributed by atoms with van der Waals surface area (Å²) in [6.07, 6.45) is 0.648. The first-order valence-electron chi connectivity index (χ1n) is 4.74. The van der Waals surface area contributed by atoms with Crippen molar-refractivity contribution in [2.45, 2.75) is 6.42 Å². The third kappa shape index (κ3) is 3.65. The van der Waals surface area contributed by atoms with Gasteiger partial charge < -0.3 is 0 Å². The first kappa shape index (κ1) is 11.6. The molecule has 0 amide bonds. The highest BCUT2D eigenvalue weighted by molar-refractivity contribution is 5.39. The van der Waals surface area contributed by atoms with Crippen LogP contribution in [0, 0.1) is 10.1 Å². The van der Waals surface area contributed by atoms with Gasteiger partial charge in [0.05, 0.1) is 4.92 Å². The van der Waals surface area contributed by atoms with Crippen LogP contribution in [0.25, 0.3) is 0 Å². The smallest absolute Gasteiger partial charge is 0.258 e. The molecule has 0 aliphatic rings. The molecule has 1 rings (SSSR count). The zero-order valence-corrected chi connectivity index (χ0v) is 8.93. The van der Waals surface area contributed by atoms with Crippen LogP contribution in [0.1, 0.15) is 5.56 Å². The van der Waals surface area contributed by atoms with E-state index >= 15 is 0 Å². The highest BCUT2D eigenvalue weighted by atomic mass is 16.6. The minimum atomic E-state index is -0.342. The highest BCUT2D eigenvalue weighted by Gasteiger charge is 2.11. The fraction of sp³-hybridized carbons (Fsp3) is 0.400. The van der Waals surface area contributed by atoms with Crippen LogP contribution in [0.4, 0.5) is 5.69 Å². The molecule has 0 spiro atoms. The second-order valence-electron chi connectivity index (χ2n) is 3.44. The van der Waals surface area contributed by atoms with Crippen LogP contribution in [0.15, 0.2) is 24.3 Å². The zero-order valence-electron chi connectivity index (χ0n) is 8.93. The van der Waals surface area contributed by atoms with Crippen LogP contribution in [0.5, 0.6) is 0 Å². The first-order valence-corrected chi connectivity index (χ1v) is 4.74. The van der Waals surface area contributed by atoms with E-state index in [2.05, 4.69) is 5.43 Å². The third-order valence-electron chi connectivity index (χ3n) is 2.01. The largest absolute Gasteiger partial charge is 0.272 e. The Kier molecular flexibility index (Phi) is 4.20. The number of hydrazine groups is 1. The second-order valence-corrected chi connectivity index (χ2v) is 3.44. The van der Waals surface area contributed by atoms with Crippen molar-refractivity contribution in [3.05, 3.63) is 39.9 Å². The zero-order chi connectivity index (χ0) is 11.3. The Morgan fingerprint density at radius 3 is 2.67 bits per heavy atom. The lowest BCUT2D eigenvalue weighted by molar-refractivity contribution is -0.385. The summed E-state index contributed by atoms with van der Waals surface area (Å²) < 4.78 is 0. The molecule has 1 aromatic rings. The van der Waals surface area contributed by atoms with E-state index in [1.807, 2.05) is 25.2 Å². The van der Waals surface area contributed by atoms with E-state index < -0.39 is 0 Å². The molecule has 0 aromatic heterocycles. The van der Waals surface area contributed by atoms with Gasteiger partial charge in [0.1, 0.15) is 0 Å². The predicted octanol–water partition coefficient (Wildman–Crippen LogP) is 1.20. The first-order chi connectivity index (χ1) is 7.11. The number of nitrogens with one attached hydrogen (secondary N) is 1. The molecule has 15 heavy (non-hydrogen) atoms. The molecule has 5 nitrogen and oxygen atoms in total. The maximum Gasteiger partial charge on any atom is 0.272 e. The van der Waals surface area contributed by atoms with Gasteiger partial charge in [-0.15, -0.1) is 0 Å². The molecule has 0 unspecified atom stereocenters. The Morgan fingerprint density at radius 1 is 1.40 bits per heavy atom. The Hall–Kier alpha value is -1.46. The molecule has 0 heterocycles. The van der Waals surface area contributed by atoms with Crippen molar-refractivity contribution in [2.75, 3.05) is 20.6 Å². The Labute approximate surface area is 88.8 Å². The Balaban J connectivity index is 2.63. The summed E-state index contributed by atoms with van der Waals surface area (Å²) in [5, 5.41) is 12.5. The number of para-hydroxylation sites is 1. The molecule has 82 valence electrons. The van der Waals surface area contributed by atoms with E-state index in [0.29, 0.717) is 13.0 Å². The SMILES string of the molecule is CN(C)NCCc1ccccc1[N+](=O)[O-]. The fourth-order valence-electron chi connectivity index (χ4n) is 1.31. The van der Waals surface area contributed by atoms with Gasteiger partial charge in [-0.3, -0.25) is 20.5 Å². The average molecular weight is 209 g/mol. The van der Waals surface area contributed by atoms with Crippen LogP contribution < -0.4 is 5.43 Å². The Morgan fingerprint density at radius 2 is 2.07 bits per heavy atom. The van der Waals surface area contributed by atoms with E-state index in [1.54, 1.807) is 12.1 Å². The van der Waals surface area contributed by atoms with Gasteiger partial charge in [-0.05, 0) is 6.42 Å². The van der Waals surface area contributed by atoms with Gasteiger partial charge in [0.25, 0.3) is 5.69 Å². The molecule has 0 aliphatic heterocycles. The highest BCUT2D eigenvalue weighted by Crippen LogP contribution is 2.17. The van der Waals surface area contributed by atoms with Gasteiger partial charge in [0.2, 0.25) is 0 Å². The van der Waals surface area contributed by atoms with E-state index in [0.717, 1.165) is 5.56 Å². The van der Waals surface area contributed by atoms with Crippen LogP contribution in [0.3, 0.4) is 0 Å². The lowest BCUT2D eigenvalue weighted by Crippen LogP contribution is -2.32. The topological polar surface area (TPSA) is 58.4 Å². The number of nitrogens with zero attached hydrogens (tertiary/aromatic N) is 2. The summed E-state index contributed by atoms with van der Waals surface area (Å²) >= 11 is 0. The van der Waals surface area contributed by atoms with Crippen LogP contribution in [-0.4, -0.2) is 30.6 Å². The van der Waals surface area contributed by atoms with Crippen molar-refractivity contribution in [3.8, 4) is 0 Å². The molecule has 0 bridgehead atoms. The predicted molar refractivity (Wildman–Crippen MR) is 58.5 cm³/mol. The number of rotatable bonds is 5. The van der Waals surface area contributed by atoms with E-state index in [9.17, 15) is 10.1 Å². The molecule has 0 aliphatic carbocycles. The summed E-state index contributed by atoms with van der Waals surface area (Å²) in [6, 6.07) is 6.82. The van der Waals surface area contributed by atoms with Gasteiger partial charge in [0, 0.05) is 32.3 Å². The quantitative estimate of drug-likeness (QED) is 0.585. The van der Waals surface area contributed by atoms with Gasteiger partial charge in [0.15, 0.2) is 0 Å². The van der Waals surface area contributed by atoms with Crippen molar-refractivity contribution >= 4 is 5.69 Å². The molecular formula is C10H15N3O2. The van der Waals surface area contributed by atoms with E-state index in [4.69, 9.17) is 0 Å². The lowest BCUT2D eigenvalue weighted by atomic mass is 10.1. The normalized spacial score (nSPS) is 10.6. The molecular weight excluding hydrogens is 194 g/mol. The minimum absolute atomic E-state index is 0.193. The average Bonchev–Trinajstić information content (AvgIpc) is 2.17. The monoisotopic (exact) mass is 209 g/mol. The van der Waals surface area contributed by atoms with Crippen LogP contribution >= 0.6 is 0 Å². The molecule has 0 atom stereocenters. The Bertz CT molecular complexity index is 339. The van der Waals surface area contributed by atoms with Crippen LogP contribution in [-0.2, 0) is 6.42 Å². The summed E-state index contributed by atoms with van der Waals surface area (Å²) in [5.41, 5.74) is 4.02. The summed E-state index contributed by atoms with van der Waals surface area (Å²) in [6.45, 7) is 0.692. The van der Waals surface area contributed by atoms with Gasteiger partial charge in [-0.25, -0.2) is 0 Å². The number of hydrogen-bond acceptors (Lipinski definition) is 4. The van der Waals surface area contributed by atoms with Crippen molar-refractivity contribution in [2.24, 2.45) is 0 Å². The van der Waals surface area contributed by atoms with E-state index in [1.165, 1.54) is 6.07 Å². The third-order valence-corrected chi connectivity index (χ3v) is 2.01. The molecule has 5 heteroatoms. The second kappa shape index (κ2) is 5.43. The molecule has 1 aromatic carbocycles. The van der Waals surface area contributed by atoms with E-state index in [-0.39, 0.29) is 10.6 Å². The van der Waals surface area contributed by atoms with Gasteiger partial charge in [-0.1, -0.05) is 18.2 Å². The summed E-state index contributed by atoms with van der Waals surface area (Å²) in [7, 11) is 3.78. The van der Waals surface area contributed by atoms with Crippen molar-refractivity contribution in [1.82, 2.24) is 10.4 Å². The van der Waals surface area contributed by atoms with Crippen molar-refractivity contribution in [3.63, 3.8) is 0 Å². The number of hydrogen-bond donors (Lipinski definition) is 1. The van der Waals surface area contributed by atoms with Crippen molar-refractivity contribution in [1.29, 1.82) is 0 Å². The fourth-order valence-corrected chi connectivity index (χ4v) is 1.31. The minimum Gasteiger partial charge on any atom is -0.258 e. The number of nitro benzene ring substituents is 1. The standard InChI is InChI=1S/C10H15N3O2/c1-12(2)11-8-7-9-5-3-4-6-10(9)13(14)15/h3-6,11H,7-8H2,1-2H3. The molecule has 0 saturated carbocycles. The lowest BCUT2D eigenvalue weighted by Gasteiger charge is -2.11. The van der Waals surface area contributed by atoms with Crippen LogP contribution in [0.2, 0.25) is 0 Å².